The Labute approximate surface area is 75.5 Å². The molecule has 0 aromatic carbocycles. The first-order chi connectivity index (χ1) is 5.66. The number of thioether (sulfide) groups is 1. The second-order valence-electron chi connectivity index (χ2n) is 2.32. The largest absolute Gasteiger partial charge is 0.481 e. The van der Waals surface area contributed by atoms with Gasteiger partial charge in [-0.3, -0.25) is 9.59 Å². The van der Waals surface area contributed by atoms with E-state index in [4.69, 9.17) is 10.8 Å². The molecule has 70 valence electrons. The van der Waals surface area contributed by atoms with Crippen LogP contribution in [0.5, 0.6) is 0 Å². The first-order valence-electron chi connectivity index (χ1n) is 3.68. The van der Waals surface area contributed by atoms with Crippen molar-refractivity contribution < 1.29 is 14.7 Å². The first kappa shape index (κ1) is 11.4. The minimum Gasteiger partial charge on any atom is -0.481 e. The van der Waals surface area contributed by atoms with Gasteiger partial charge in [0.2, 0.25) is 0 Å². The van der Waals surface area contributed by atoms with Crippen molar-refractivity contribution in [2.45, 2.75) is 12.8 Å². The number of carbonyl (C=O) groups excluding carboxylic acids is 1. The third kappa shape index (κ3) is 7.56. The molecule has 0 radical (unpaired) electrons. The average molecular weight is 191 g/mol. The Hall–Kier alpha value is -0.550. The monoisotopic (exact) mass is 191 g/mol. The van der Waals surface area contributed by atoms with Gasteiger partial charge in [-0.1, -0.05) is 0 Å². The molecule has 0 heterocycles. The van der Waals surface area contributed by atoms with Gasteiger partial charge in [-0.25, -0.2) is 0 Å². The van der Waals surface area contributed by atoms with Gasteiger partial charge in [0, 0.05) is 6.42 Å². The summed E-state index contributed by atoms with van der Waals surface area (Å²) in [5.41, 5.74) is 5.20. The first-order valence-corrected chi connectivity index (χ1v) is 4.83. The van der Waals surface area contributed by atoms with Gasteiger partial charge in [0.1, 0.15) is 5.78 Å². The Morgan fingerprint density at radius 2 is 2.00 bits per heavy atom. The van der Waals surface area contributed by atoms with E-state index in [0.717, 1.165) is 11.8 Å². The van der Waals surface area contributed by atoms with E-state index in [1.165, 1.54) is 0 Å². The third-order valence-corrected chi connectivity index (χ3v) is 2.13. The van der Waals surface area contributed by atoms with Crippen molar-refractivity contribution in [2.24, 2.45) is 5.73 Å². The van der Waals surface area contributed by atoms with Gasteiger partial charge >= 0.3 is 5.97 Å². The fourth-order valence-electron chi connectivity index (χ4n) is 0.624. The summed E-state index contributed by atoms with van der Waals surface area (Å²) >= 11 is 1.13. The van der Waals surface area contributed by atoms with E-state index in [1.54, 1.807) is 0 Å². The molecule has 0 fully saturated rings. The second kappa shape index (κ2) is 7.12. The molecule has 0 rings (SSSR count). The van der Waals surface area contributed by atoms with Crippen molar-refractivity contribution in [1.29, 1.82) is 0 Å². The van der Waals surface area contributed by atoms with Crippen molar-refractivity contribution in [1.82, 2.24) is 0 Å². The predicted molar refractivity (Wildman–Crippen MR) is 48.3 cm³/mol. The number of carboxylic acid groups (broad SMARTS) is 1. The number of hydrogen-bond donors (Lipinski definition) is 2. The van der Waals surface area contributed by atoms with Crippen molar-refractivity contribution in [3.8, 4) is 0 Å². The van der Waals surface area contributed by atoms with Crippen molar-refractivity contribution in [3.05, 3.63) is 0 Å². The molecule has 12 heavy (non-hydrogen) atoms. The molecule has 0 amide bonds. The van der Waals surface area contributed by atoms with Crippen LogP contribution in [0, 0.1) is 0 Å². The Balaban J connectivity index is 3.25. The highest BCUT2D eigenvalue weighted by Gasteiger charge is 2.03. The molecular weight excluding hydrogens is 178 g/mol. The Bertz CT molecular complexity index is 161. The summed E-state index contributed by atoms with van der Waals surface area (Å²) in [5, 5.41) is 8.25. The fourth-order valence-corrected chi connectivity index (χ4v) is 1.27. The molecule has 0 aliphatic carbocycles. The summed E-state index contributed by atoms with van der Waals surface area (Å²) in [5.74, 6) is -0.529. The SMILES string of the molecule is NCCCC(=O)CSCC(=O)O. The summed E-state index contributed by atoms with van der Waals surface area (Å²) in [6, 6.07) is 0. The van der Waals surface area contributed by atoms with Crippen LogP contribution in [0.2, 0.25) is 0 Å². The number of hydrogen-bond acceptors (Lipinski definition) is 4. The molecule has 0 unspecified atom stereocenters. The summed E-state index contributed by atoms with van der Waals surface area (Å²) in [7, 11) is 0. The zero-order valence-electron chi connectivity index (χ0n) is 6.78. The predicted octanol–water partition coefficient (Wildman–Crippen LogP) is 0.112. The maximum absolute atomic E-state index is 10.9. The molecule has 0 aliphatic rings. The number of nitrogens with two attached hydrogens (primary N) is 1. The van der Waals surface area contributed by atoms with Gasteiger partial charge in [-0.2, -0.15) is 0 Å². The van der Waals surface area contributed by atoms with Crippen LogP contribution in [0.3, 0.4) is 0 Å². The molecule has 5 heteroatoms. The Morgan fingerprint density at radius 1 is 1.33 bits per heavy atom. The number of Topliss-reactive ketones (excluding diaryl/α,β-unsaturated/α-hetero) is 1. The number of ketones is 1. The molecule has 0 aromatic heterocycles. The molecule has 0 saturated carbocycles. The van der Waals surface area contributed by atoms with Crippen LogP contribution in [0.1, 0.15) is 12.8 Å². The van der Waals surface area contributed by atoms with Crippen molar-refractivity contribution in [2.75, 3.05) is 18.1 Å². The molecule has 0 aliphatic heterocycles. The summed E-state index contributed by atoms with van der Waals surface area (Å²) in [4.78, 5) is 21.0. The van der Waals surface area contributed by atoms with E-state index in [2.05, 4.69) is 0 Å². The Morgan fingerprint density at radius 3 is 2.50 bits per heavy atom. The van der Waals surface area contributed by atoms with E-state index in [0.29, 0.717) is 19.4 Å². The zero-order valence-corrected chi connectivity index (χ0v) is 7.60. The maximum atomic E-state index is 10.9. The van der Waals surface area contributed by atoms with E-state index in [-0.39, 0.29) is 17.3 Å². The topological polar surface area (TPSA) is 80.4 Å². The van der Waals surface area contributed by atoms with E-state index in [1.807, 2.05) is 0 Å². The highest BCUT2D eigenvalue weighted by molar-refractivity contribution is 8.00. The lowest BCUT2D eigenvalue weighted by Gasteiger charge is -1.97. The van der Waals surface area contributed by atoms with Gasteiger partial charge in [0.15, 0.2) is 0 Å². The van der Waals surface area contributed by atoms with Gasteiger partial charge in [0.05, 0.1) is 11.5 Å². The summed E-state index contributed by atoms with van der Waals surface area (Å²) in [6.07, 6.45) is 1.15. The fraction of sp³-hybridized carbons (Fsp3) is 0.714. The number of carboxylic acids is 1. The average Bonchev–Trinajstić information content (AvgIpc) is 2.00. The third-order valence-electron chi connectivity index (χ3n) is 1.15. The molecule has 0 spiro atoms. The molecular formula is C7H13NO3S. The van der Waals surface area contributed by atoms with Crippen LogP contribution in [0.15, 0.2) is 0 Å². The van der Waals surface area contributed by atoms with Crippen LogP contribution in [-0.2, 0) is 9.59 Å². The van der Waals surface area contributed by atoms with Gasteiger partial charge in [-0.05, 0) is 13.0 Å². The van der Waals surface area contributed by atoms with E-state index < -0.39 is 5.97 Å². The summed E-state index contributed by atoms with van der Waals surface area (Å²) < 4.78 is 0. The standard InChI is InChI=1S/C7H13NO3S/c8-3-1-2-6(9)4-12-5-7(10)11/h1-5,8H2,(H,10,11). The lowest BCUT2D eigenvalue weighted by molar-refractivity contribution is -0.133. The number of carbonyl (C=O) groups is 2. The van der Waals surface area contributed by atoms with Crippen LogP contribution >= 0.6 is 11.8 Å². The summed E-state index contributed by atoms with van der Waals surface area (Å²) in [6.45, 7) is 0.509. The lowest BCUT2D eigenvalue weighted by atomic mass is 10.2. The van der Waals surface area contributed by atoms with Crippen LogP contribution in [0.25, 0.3) is 0 Å². The minimum absolute atomic E-state index is 0.00559. The molecule has 0 atom stereocenters. The van der Waals surface area contributed by atoms with Crippen LogP contribution in [-0.4, -0.2) is 34.9 Å². The van der Waals surface area contributed by atoms with Crippen LogP contribution < -0.4 is 5.73 Å². The molecule has 0 saturated heterocycles. The molecule has 4 nitrogen and oxygen atoms in total. The molecule has 0 bridgehead atoms. The van der Waals surface area contributed by atoms with Crippen molar-refractivity contribution in [3.63, 3.8) is 0 Å². The lowest BCUT2D eigenvalue weighted by Crippen LogP contribution is -2.08. The number of rotatable bonds is 7. The highest BCUT2D eigenvalue weighted by atomic mass is 32.2. The molecule has 3 N–H and O–H groups in total. The number of aliphatic carboxylic acids is 1. The maximum Gasteiger partial charge on any atom is 0.313 e. The minimum atomic E-state index is -0.883. The Kier molecular flexibility index (Phi) is 6.79. The smallest absolute Gasteiger partial charge is 0.313 e. The highest BCUT2D eigenvalue weighted by Crippen LogP contribution is 2.02. The van der Waals surface area contributed by atoms with Crippen molar-refractivity contribution >= 4 is 23.5 Å². The van der Waals surface area contributed by atoms with E-state index >= 15 is 0 Å². The zero-order chi connectivity index (χ0) is 9.40. The normalized spacial score (nSPS) is 9.75. The quantitative estimate of drug-likeness (QED) is 0.597. The second-order valence-corrected chi connectivity index (χ2v) is 3.30. The van der Waals surface area contributed by atoms with E-state index in [9.17, 15) is 9.59 Å². The molecule has 0 aromatic rings. The van der Waals surface area contributed by atoms with Gasteiger partial charge in [0.25, 0.3) is 0 Å². The van der Waals surface area contributed by atoms with Crippen LogP contribution in [0.4, 0.5) is 0 Å². The van der Waals surface area contributed by atoms with Gasteiger partial charge < -0.3 is 10.8 Å². The van der Waals surface area contributed by atoms with Gasteiger partial charge in [-0.15, -0.1) is 11.8 Å².